The number of ether oxygens (including phenoxy) is 1. The zero-order valence-corrected chi connectivity index (χ0v) is 14.8. The van der Waals surface area contributed by atoms with E-state index in [9.17, 15) is 4.79 Å². The van der Waals surface area contributed by atoms with Crippen LogP contribution >= 0.6 is 0 Å². The predicted octanol–water partition coefficient (Wildman–Crippen LogP) is 2.15. The minimum absolute atomic E-state index is 0.109. The average molecular weight is 341 g/mol. The Morgan fingerprint density at radius 3 is 2.84 bits per heavy atom. The molecule has 0 unspecified atom stereocenters. The number of carbonyl (C=O) groups is 1. The van der Waals surface area contributed by atoms with Gasteiger partial charge in [-0.3, -0.25) is 9.48 Å². The third-order valence-electron chi connectivity index (χ3n) is 4.05. The van der Waals surface area contributed by atoms with Gasteiger partial charge in [-0.25, -0.2) is 4.98 Å². The van der Waals surface area contributed by atoms with Crippen LogP contribution in [0.15, 0.2) is 36.9 Å². The lowest BCUT2D eigenvalue weighted by Crippen LogP contribution is -2.33. The molecule has 3 aromatic heterocycles. The molecule has 7 heteroatoms. The molecule has 0 saturated carbocycles. The van der Waals surface area contributed by atoms with Crippen molar-refractivity contribution in [1.29, 1.82) is 0 Å². The first-order valence-corrected chi connectivity index (χ1v) is 8.35. The van der Waals surface area contributed by atoms with Crippen LogP contribution in [-0.4, -0.2) is 50.2 Å². The summed E-state index contributed by atoms with van der Waals surface area (Å²) in [6, 6.07) is 3.90. The molecule has 0 atom stereocenters. The third kappa shape index (κ3) is 3.88. The molecule has 3 rings (SSSR count). The number of nitrogens with zero attached hydrogens (tertiary/aromatic N) is 5. The van der Waals surface area contributed by atoms with Gasteiger partial charge >= 0.3 is 0 Å². The summed E-state index contributed by atoms with van der Waals surface area (Å²) >= 11 is 0. The fraction of sp³-hybridized carbons (Fsp3) is 0.389. The van der Waals surface area contributed by atoms with Crippen molar-refractivity contribution in [2.45, 2.75) is 26.9 Å². The maximum Gasteiger partial charge on any atom is 0.274 e. The highest BCUT2D eigenvalue weighted by molar-refractivity contribution is 5.92. The number of amides is 1. The smallest absolute Gasteiger partial charge is 0.274 e. The van der Waals surface area contributed by atoms with Crippen molar-refractivity contribution < 1.29 is 9.53 Å². The zero-order valence-electron chi connectivity index (χ0n) is 14.8. The van der Waals surface area contributed by atoms with Crippen LogP contribution in [0.2, 0.25) is 0 Å². The van der Waals surface area contributed by atoms with E-state index >= 15 is 0 Å². The van der Waals surface area contributed by atoms with Gasteiger partial charge in [-0.15, -0.1) is 0 Å². The van der Waals surface area contributed by atoms with Crippen molar-refractivity contribution in [3.8, 4) is 0 Å². The lowest BCUT2D eigenvalue weighted by atomic mass is 10.3. The molecular weight excluding hydrogens is 318 g/mol. The summed E-state index contributed by atoms with van der Waals surface area (Å²) in [5, 5.41) is 4.27. The van der Waals surface area contributed by atoms with E-state index in [4.69, 9.17) is 4.74 Å². The molecular formula is C18H23N5O2. The van der Waals surface area contributed by atoms with Gasteiger partial charge in [0.25, 0.3) is 5.91 Å². The quantitative estimate of drug-likeness (QED) is 0.660. The van der Waals surface area contributed by atoms with Crippen LogP contribution in [0, 0.1) is 6.92 Å². The Balaban J connectivity index is 1.83. The van der Waals surface area contributed by atoms with Crippen molar-refractivity contribution in [3.05, 3.63) is 53.7 Å². The van der Waals surface area contributed by atoms with Crippen LogP contribution in [0.3, 0.4) is 0 Å². The normalized spacial score (nSPS) is 11.2. The van der Waals surface area contributed by atoms with Crippen LogP contribution in [0.4, 0.5) is 0 Å². The van der Waals surface area contributed by atoms with Crippen LogP contribution in [0.1, 0.15) is 28.5 Å². The van der Waals surface area contributed by atoms with E-state index in [0.29, 0.717) is 25.4 Å². The number of carbonyl (C=O) groups excluding carboxylic acids is 1. The highest BCUT2D eigenvalue weighted by Gasteiger charge is 2.19. The van der Waals surface area contributed by atoms with E-state index in [2.05, 4.69) is 10.1 Å². The Kier molecular flexibility index (Phi) is 5.14. The van der Waals surface area contributed by atoms with Crippen molar-refractivity contribution >= 4 is 11.6 Å². The maximum absolute atomic E-state index is 13.0. The largest absolute Gasteiger partial charge is 0.383 e. The van der Waals surface area contributed by atoms with E-state index in [1.807, 2.05) is 47.5 Å². The molecule has 0 aliphatic carbocycles. The maximum atomic E-state index is 13.0. The summed E-state index contributed by atoms with van der Waals surface area (Å²) in [7, 11) is 1.63. The molecule has 3 aromatic rings. The van der Waals surface area contributed by atoms with E-state index in [1.165, 1.54) is 0 Å². The molecule has 25 heavy (non-hydrogen) atoms. The van der Waals surface area contributed by atoms with Crippen LogP contribution < -0.4 is 0 Å². The predicted molar refractivity (Wildman–Crippen MR) is 94.4 cm³/mol. The molecule has 0 aliphatic rings. The Bertz CT molecular complexity index is 867. The minimum Gasteiger partial charge on any atom is -0.383 e. The topological polar surface area (TPSA) is 64.7 Å². The van der Waals surface area contributed by atoms with Crippen molar-refractivity contribution in [2.24, 2.45) is 0 Å². The molecule has 7 nitrogen and oxygen atoms in total. The van der Waals surface area contributed by atoms with Gasteiger partial charge in [0, 0.05) is 50.9 Å². The Morgan fingerprint density at radius 2 is 2.12 bits per heavy atom. The second kappa shape index (κ2) is 7.48. The first-order valence-electron chi connectivity index (χ1n) is 8.35. The molecule has 0 spiro atoms. The van der Waals surface area contributed by atoms with E-state index in [-0.39, 0.29) is 5.91 Å². The summed E-state index contributed by atoms with van der Waals surface area (Å²) in [5.74, 6) is -0.109. The summed E-state index contributed by atoms with van der Waals surface area (Å²) in [6.45, 7) is 6.30. The summed E-state index contributed by atoms with van der Waals surface area (Å²) < 4.78 is 8.89. The minimum atomic E-state index is -0.109. The highest BCUT2D eigenvalue weighted by atomic mass is 16.5. The highest BCUT2D eigenvalue weighted by Crippen LogP contribution is 2.12. The SMILES string of the molecule is CCn1cc(CN(CCOC)C(=O)c2cn3cc(C)ccc3n2)cn1. The second-order valence-electron chi connectivity index (χ2n) is 6.02. The molecule has 0 saturated heterocycles. The fourth-order valence-electron chi connectivity index (χ4n) is 2.70. The van der Waals surface area contributed by atoms with Gasteiger partial charge < -0.3 is 14.0 Å². The van der Waals surface area contributed by atoms with Crippen molar-refractivity contribution in [3.63, 3.8) is 0 Å². The first kappa shape index (κ1) is 17.2. The van der Waals surface area contributed by atoms with E-state index < -0.39 is 0 Å². The first-order chi connectivity index (χ1) is 12.1. The number of rotatable bonds is 7. The summed E-state index contributed by atoms with van der Waals surface area (Å²) in [6.07, 6.45) is 7.49. The number of aryl methyl sites for hydroxylation is 2. The van der Waals surface area contributed by atoms with Gasteiger partial charge in [-0.05, 0) is 25.5 Å². The Labute approximate surface area is 146 Å². The summed E-state index contributed by atoms with van der Waals surface area (Å²) in [5.41, 5.74) is 3.31. The number of fused-ring (bicyclic) bond motifs is 1. The van der Waals surface area contributed by atoms with Crippen LogP contribution in [0.5, 0.6) is 0 Å². The molecule has 0 radical (unpaired) electrons. The molecule has 1 amide bonds. The number of hydrogen-bond donors (Lipinski definition) is 0. The van der Waals surface area contributed by atoms with Crippen molar-refractivity contribution in [2.75, 3.05) is 20.3 Å². The molecule has 0 N–H and O–H groups in total. The third-order valence-corrected chi connectivity index (χ3v) is 4.05. The average Bonchev–Trinajstić information content (AvgIpc) is 3.23. The van der Waals surface area contributed by atoms with Gasteiger partial charge in [-0.1, -0.05) is 6.07 Å². The molecule has 0 bridgehead atoms. The fourth-order valence-corrected chi connectivity index (χ4v) is 2.70. The Morgan fingerprint density at radius 1 is 1.28 bits per heavy atom. The number of imidazole rings is 1. The molecule has 0 aromatic carbocycles. The Hall–Kier alpha value is -2.67. The monoisotopic (exact) mass is 341 g/mol. The number of hydrogen-bond acceptors (Lipinski definition) is 4. The van der Waals surface area contributed by atoms with Crippen LogP contribution in [-0.2, 0) is 17.8 Å². The van der Waals surface area contributed by atoms with E-state index in [0.717, 1.165) is 23.3 Å². The number of pyridine rings is 1. The number of aromatic nitrogens is 4. The van der Waals surface area contributed by atoms with Gasteiger partial charge in [0.15, 0.2) is 0 Å². The van der Waals surface area contributed by atoms with Gasteiger partial charge in [0.2, 0.25) is 0 Å². The van der Waals surface area contributed by atoms with Crippen LogP contribution in [0.25, 0.3) is 5.65 Å². The molecule has 0 aliphatic heterocycles. The summed E-state index contributed by atoms with van der Waals surface area (Å²) in [4.78, 5) is 19.2. The second-order valence-corrected chi connectivity index (χ2v) is 6.02. The van der Waals surface area contributed by atoms with Gasteiger partial charge in [-0.2, -0.15) is 5.10 Å². The number of methoxy groups -OCH3 is 1. The standard InChI is InChI=1S/C18H23N5O2/c1-4-23-12-15(9-19-23)11-21(7-8-25-3)18(24)16-13-22-10-14(2)5-6-17(22)20-16/h5-6,9-10,12-13H,4,7-8,11H2,1-3H3. The zero-order chi connectivity index (χ0) is 17.8. The lowest BCUT2D eigenvalue weighted by Gasteiger charge is -2.20. The van der Waals surface area contributed by atoms with Gasteiger partial charge in [0.1, 0.15) is 11.3 Å². The van der Waals surface area contributed by atoms with E-state index in [1.54, 1.807) is 24.4 Å². The van der Waals surface area contributed by atoms with Gasteiger partial charge in [0.05, 0.1) is 12.8 Å². The molecule has 132 valence electrons. The van der Waals surface area contributed by atoms with Crippen molar-refractivity contribution in [1.82, 2.24) is 24.1 Å². The molecule has 0 fully saturated rings. The lowest BCUT2D eigenvalue weighted by molar-refractivity contribution is 0.0675. The molecule has 3 heterocycles.